The molecule has 6 heteroatoms. The predicted octanol–water partition coefficient (Wildman–Crippen LogP) is 1.86. The highest BCUT2D eigenvalue weighted by Crippen LogP contribution is 2.13. The number of hydrogen-bond donors (Lipinski definition) is 1. The molecule has 0 atom stereocenters. The van der Waals surface area contributed by atoms with E-state index in [2.05, 4.69) is 35.9 Å². The summed E-state index contributed by atoms with van der Waals surface area (Å²) in [6, 6.07) is 0. The summed E-state index contributed by atoms with van der Waals surface area (Å²) in [7, 11) is 0. The van der Waals surface area contributed by atoms with Crippen LogP contribution in [0.25, 0.3) is 11.6 Å². The number of halogens is 1. The first-order valence-electron chi connectivity index (χ1n) is 5.19. The van der Waals surface area contributed by atoms with Crippen molar-refractivity contribution < 1.29 is 0 Å². The normalized spacial score (nSPS) is 10.5. The number of aromatic amines is 1. The number of nitrogens with one attached hydrogen (secondary N) is 1. The molecule has 0 aliphatic carbocycles. The minimum Gasteiger partial charge on any atom is -0.303 e. The summed E-state index contributed by atoms with van der Waals surface area (Å²) in [4.78, 5) is 26.9. The van der Waals surface area contributed by atoms with E-state index in [-0.39, 0.29) is 5.56 Å². The van der Waals surface area contributed by atoms with Crippen molar-refractivity contribution in [1.82, 2.24) is 19.9 Å². The standard InChI is InChI=1S/C11H11BrN4O/c1-3-7-8(12)11(17)16-10(15-7)9-13-4-6(2)5-14-9/h4-5H,3H2,1-2H3,(H,15,16,17). The number of nitrogens with zero attached hydrogens (tertiary/aromatic N) is 3. The van der Waals surface area contributed by atoms with E-state index in [9.17, 15) is 4.79 Å². The molecule has 2 aromatic heterocycles. The second-order valence-corrected chi connectivity index (χ2v) is 4.41. The SMILES string of the molecule is CCc1nc(-c2ncc(C)cn2)[nH]c(=O)c1Br. The lowest BCUT2D eigenvalue weighted by atomic mass is 10.3. The highest BCUT2D eigenvalue weighted by Gasteiger charge is 2.10. The first kappa shape index (κ1) is 11.9. The van der Waals surface area contributed by atoms with Crippen molar-refractivity contribution in [3.8, 4) is 11.6 Å². The lowest BCUT2D eigenvalue weighted by Gasteiger charge is -2.03. The fourth-order valence-electron chi connectivity index (χ4n) is 1.36. The lowest BCUT2D eigenvalue weighted by molar-refractivity contribution is 0.950. The van der Waals surface area contributed by atoms with Crippen LogP contribution in [0.4, 0.5) is 0 Å². The van der Waals surface area contributed by atoms with Crippen molar-refractivity contribution in [2.45, 2.75) is 20.3 Å². The molecule has 1 N–H and O–H groups in total. The topological polar surface area (TPSA) is 71.5 Å². The molecule has 2 rings (SSSR count). The molecule has 0 saturated carbocycles. The molecular weight excluding hydrogens is 284 g/mol. The van der Waals surface area contributed by atoms with Gasteiger partial charge in [-0.3, -0.25) is 4.79 Å². The van der Waals surface area contributed by atoms with Gasteiger partial charge in [0.15, 0.2) is 11.6 Å². The van der Waals surface area contributed by atoms with Gasteiger partial charge in [0.2, 0.25) is 0 Å². The first-order valence-corrected chi connectivity index (χ1v) is 5.98. The highest BCUT2D eigenvalue weighted by molar-refractivity contribution is 9.10. The van der Waals surface area contributed by atoms with Gasteiger partial charge in [-0.15, -0.1) is 0 Å². The van der Waals surface area contributed by atoms with E-state index in [1.807, 2.05) is 13.8 Å². The second-order valence-electron chi connectivity index (χ2n) is 3.61. The van der Waals surface area contributed by atoms with Crippen LogP contribution in [0, 0.1) is 6.92 Å². The van der Waals surface area contributed by atoms with Crippen LogP contribution in [0.2, 0.25) is 0 Å². The summed E-state index contributed by atoms with van der Waals surface area (Å²) in [5.74, 6) is 0.824. The fraction of sp³-hybridized carbons (Fsp3) is 0.273. The van der Waals surface area contributed by atoms with Gasteiger partial charge >= 0.3 is 0 Å². The molecule has 0 fully saturated rings. The van der Waals surface area contributed by atoms with E-state index in [1.165, 1.54) is 0 Å². The van der Waals surface area contributed by atoms with Crippen LogP contribution >= 0.6 is 15.9 Å². The van der Waals surface area contributed by atoms with E-state index >= 15 is 0 Å². The van der Waals surface area contributed by atoms with E-state index in [0.29, 0.717) is 28.2 Å². The van der Waals surface area contributed by atoms with Crippen LogP contribution < -0.4 is 5.56 Å². The van der Waals surface area contributed by atoms with Crippen molar-refractivity contribution in [3.05, 3.63) is 38.5 Å². The fourth-order valence-corrected chi connectivity index (χ4v) is 1.83. The molecule has 0 radical (unpaired) electrons. The van der Waals surface area contributed by atoms with E-state index in [4.69, 9.17) is 0 Å². The van der Waals surface area contributed by atoms with Crippen molar-refractivity contribution >= 4 is 15.9 Å². The zero-order valence-electron chi connectivity index (χ0n) is 9.49. The number of aryl methyl sites for hydroxylation is 2. The van der Waals surface area contributed by atoms with Crippen molar-refractivity contribution in [2.75, 3.05) is 0 Å². The third-order valence-electron chi connectivity index (χ3n) is 2.26. The quantitative estimate of drug-likeness (QED) is 0.918. The largest absolute Gasteiger partial charge is 0.303 e. The van der Waals surface area contributed by atoms with Crippen molar-refractivity contribution in [1.29, 1.82) is 0 Å². The summed E-state index contributed by atoms with van der Waals surface area (Å²) in [5, 5.41) is 0. The predicted molar refractivity (Wildman–Crippen MR) is 67.7 cm³/mol. The minimum atomic E-state index is -0.212. The Labute approximate surface area is 106 Å². The Morgan fingerprint density at radius 2 is 2.00 bits per heavy atom. The van der Waals surface area contributed by atoms with Crippen LogP contribution in [0.15, 0.2) is 21.7 Å². The molecule has 0 aromatic carbocycles. The number of aromatic nitrogens is 4. The Hall–Kier alpha value is -1.56. The number of rotatable bonds is 2. The zero-order chi connectivity index (χ0) is 12.4. The van der Waals surface area contributed by atoms with Crippen molar-refractivity contribution in [2.24, 2.45) is 0 Å². The molecule has 88 valence electrons. The molecule has 0 aliphatic rings. The Kier molecular flexibility index (Phi) is 3.33. The molecule has 0 saturated heterocycles. The van der Waals surface area contributed by atoms with Crippen LogP contribution in [-0.4, -0.2) is 19.9 Å². The Morgan fingerprint density at radius 3 is 2.59 bits per heavy atom. The first-order chi connectivity index (χ1) is 8.11. The molecular formula is C11H11BrN4O. The number of hydrogen-bond acceptors (Lipinski definition) is 4. The Morgan fingerprint density at radius 1 is 1.35 bits per heavy atom. The summed E-state index contributed by atoms with van der Waals surface area (Å²) < 4.78 is 0.468. The van der Waals surface area contributed by atoms with Crippen LogP contribution in [0.3, 0.4) is 0 Å². The van der Waals surface area contributed by atoms with Gasteiger partial charge in [-0.2, -0.15) is 0 Å². The summed E-state index contributed by atoms with van der Waals surface area (Å²) in [5.41, 5.74) is 1.45. The van der Waals surface area contributed by atoms with Crippen LogP contribution in [0.5, 0.6) is 0 Å². The summed E-state index contributed by atoms with van der Waals surface area (Å²) in [6.07, 6.45) is 4.05. The van der Waals surface area contributed by atoms with E-state index in [0.717, 1.165) is 5.56 Å². The Balaban J connectivity index is 2.56. The van der Waals surface area contributed by atoms with Gasteiger partial charge in [0.25, 0.3) is 5.56 Å². The average Bonchev–Trinajstić information content (AvgIpc) is 2.33. The third-order valence-corrected chi connectivity index (χ3v) is 3.08. The molecule has 0 amide bonds. The van der Waals surface area contributed by atoms with Gasteiger partial charge in [-0.1, -0.05) is 6.92 Å². The molecule has 2 aromatic rings. The maximum absolute atomic E-state index is 11.7. The van der Waals surface area contributed by atoms with Gasteiger partial charge in [-0.25, -0.2) is 15.0 Å². The summed E-state index contributed by atoms with van der Waals surface area (Å²) in [6.45, 7) is 3.84. The Bertz CT molecular complexity index is 591. The molecule has 0 aliphatic heterocycles. The maximum atomic E-state index is 11.7. The van der Waals surface area contributed by atoms with Gasteiger partial charge in [0, 0.05) is 12.4 Å². The average molecular weight is 295 g/mol. The second kappa shape index (κ2) is 4.75. The molecule has 0 spiro atoms. The smallest absolute Gasteiger partial charge is 0.265 e. The maximum Gasteiger partial charge on any atom is 0.265 e. The van der Waals surface area contributed by atoms with Crippen molar-refractivity contribution in [3.63, 3.8) is 0 Å². The number of H-pyrrole nitrogens is 1. The molecule has 0 bridgehead atoms. The molecule has 2 heterocycles. The molecule has 17 heavy (non-hydrogen) atoms. The van der Waals surface area contributed by atoms with Gasteiger partial charge in [0.05, 0.1) is 5.69 Å². The lowest BCUT2D eigenvalue weighted by Crippen LogP contribution is -2.14. The minimum absolute atomic E-state index is 0.212. The van der Waals surface area contributed by atoms with Crippen LogP contribution in [0.1, 0.15) is 18.2 Å². The third kappa shape index (κ3) is 2.41. The monoisotopic (exact) mass is 294 g/mol. The highest BCUT2D eigenvalue weighted by atomic mass is 79.9. The molecule has 5 nitrogen and oxygen atoms in total. The molecule has 0 unspecified atom stereocenters. The van der Waals surface area contributed by atoms with E-state index < -0.39 is 0 Å². The van der Waals surface area contributed by atoms with E-state index in [1.54, 1.807) is 12.4 Å². The van der Waals surface area contributed by atoms with Gasteiger partial charge in [0.1, 0.15) is 4.47 Å². The van der Waals surface area contributed by atoms with Gasteiger partial charge in [-0.05, 0) is 34.8 Å². The zero-order valence-corrected chi connectivity index (χ0v) is 11.1. The summed E-state index contributed by atoms with van der Waals surface area (Å²) >= 11 is 3.21. The van der Waals surface area contributed by atoms with Crippen LogP contribution in [-0.2, 0) is 6.42 Å². The van der Waals surface area contributed by atoms with Gasteiger partial charge < -0.3 is 4.98 Å².